The Labute approximate surface area is 219 Å². The molecule has 1 aromatic carbocycles. The fourth-order valence-electron chi connectivity index (χ4n) is 5.06. The van der Waals surface area contributed by atoms with Crippen LogP contribution < -0.4 is 10.2 Å². The molecule has 0 radical (unpaired) electrons. The number of piperazine rings is 1. The summed E-state index contributed by atoms with van der Waals surface area (Å²) >= 11 is 0. The minimum Gasteiger partial charge on any atom is -0.376 e. The zero-order valence-electron chi connectivity index (χ0n) is 22.5. The Bertz CT molecular complexity index is 1240. The molecule has 2 aromatic heterocycles. The van der Waals surface area contributed by atoms with Gasteiger partial charge in [0.1, 0.15) is 0 Å². The third-order valence-electron chi connectivity index (χ3n) is 7.01. The molecule has 2 saturated heterocycles. The molecule has 2 fully saturated rings. The number of ether oxygens (including phenoxy) is 1. The van der Waals surface area contributed by atoms with Crippen molar-refractivity contribution in [1.82, 2.24) is 24.4 Å². The van der Waals surface area contributed by atoms with E-state index in [1.165, 1.54) is 11.1 Å². The molecule has 1 amide bonds. The van der Waals surface area contributed by atoms with Gasteiger partial charge in [-0.25, -0.2) is 4.98 Å². The summed E-state index contributed by atoms with van der Waals surface area (Å²) in [4.78, 5) is 31.5. The number of anilines is 2. The number of aromatic nitrogens is 4. The van der Waals surface area contributed by atoms with Gasteiger partial charge in [-0.1, -0.05) is 50.6 Å². The summed E-state index contributed by atoms with van der Waals surface area (Å²) < 4.78 is 7.91. The minimum absolute atomic E-state index is 0.0122. The molecule has 2 aliphatic rings. The summed E-state index contributed by atoms with van der Waals surface area (Å²) in [6.07, 6.45) is 4.76. The van der Waals surface area contributed by atoms with Crippen LogP contribution in [0.3, 0.4) is 0 Å². The number of imidazole rings is 1. The third-order valence-corrected chi connectivity index (χ3v) is 7.01. The summed E-state index contributed by atoms with van der Waals surface area (Å²) in [7, 11) is 0. The first-order valence-corrected chi connectivity index (χ1v) is 13.4. The van der Waals surface area contributed by atoms with Crippen molar-refractivity contribution in [1.29, 1.82) is 0 Å². The maximum absolute atomic E-state index is 12.7. The van der Waals surface area contributed by atoms with E-state index >= 15 is 0 Å². The normalized spacial score (nSPS) is 18.5. The second kappa shape index (κ2) is 10.7. The van der Waals surface area contributed by atoms with Crippen molar-refractivity contribution in [3.63, 3.8) is 0 Å². The molecule has 0 bridgehead atoms. The number of benzene rings is 1. The van der Waals surface area contributed by atoms with E-state index in [1.54, 1.807) is 0 Å². The zero-order chi connectivity index (χ0) is 26.0. The predicted octanol–water partition coefficient (Wildman–Crippen LogP) is 3.86. The molecule has 37 heavy (non-hydrogen) atoms. The summed E-state index contributed by atoms with van der Waals surface area (Å²) in [6, 6.07) is 8.51. The van der Waals surface area contributed by atoms with Crippen molar-refractivity contribution in [2.45, 2.75) is 59.6 Å². The van der Waals surface area contributed by atoms with Crippen LogP contribution in [0.25, 0.3) is 11.2 Å². The van der Waals surface area contributed by atoms with Crippen molar-refractivity contribution < 1.29 is 9.53 Å². The molecule has 1 atom stereocenters. The van der Waals surface area contributed by atoms with Gasteiger partial charge >= 0.3 is 0 Å². The van der Waals surface area contributed by atoms with Crippen LogP contribution >= 0.6 is 0 Å². The SMILES string of the molecule is Cc1cccc(Cn2cnc3c(NCC4CCCO4)nc(N4CCN(C(=O)CC(C)(C)C)CC4)nc32)c1. The first-order chi connectivity index (χ1) is 17.7. The molecule has 1 unspecified atom stereocenters. The monoisotopic (exact) mass is 505 g/mol. The second-order valence-corrected chi connectivity index (χ2v) is 11.5. The lowest BCUT2D eigenvalue weighted by atomic mass is 9.91. The molecule has 1 N–H and O–H groups in total. The number of nitrogens with one attached hydrogen (secondary N) is 1. The van der Waals surface area contributed by atoms with Crippen molar-refractivity contribution in [2.24, 2.45) is 5.41 Å². The first kappa shape index (κ1) is 25.4. The topological polar surface area (TPSA) is 88.4 Å². The van der Waals surface area contributed by atoms with Crippen molar-refractivity contribution >= 4 is 28.8 Å². The fourth-order valence-corrected chi connectivity index (χ4v) is 5.06. The maximum Gasteiger partial charge on any atom is 0.229 e. The Morgan fingerprint density at radius 3 is 2.68 bits per heavy atom. The summed E-state index contributed by atoms with van der Waals surface area (Å²) in [5, 5.41) is 3.51. The highest BCUT2D eigenvalue weighted by Gasteiger charge is 2.27. The summed E-state index contributed by atoms with van der Waals surface area (Å²) in [5.41, 5.74) is 4.01. The van der Waals surface area contributed by atoms with Crippen molar-refractivity contribution in [2.75, 3.05) is 49.5 Å². The van der Waals surface area contributed by atoms with E-state index in [1.807, 2.05) is 11.2 Å². The molecular weight excluding hydrogens is 466 g/mol. The van der Waals surface area contributed by atoms with E-state index in [4.69, 9.17) is 19.7 Å². The maximum atomic E-state index is 12.7. The van der Waals surface area contributed by atoms with Crippen molar-refractivity contribution in [3.8, 4) is 0 Å². The number of aryl methyl sites for hydroxylation is 1. The van der Waals surface area contributed by atoms with Gasteiger partial charge in [0.15, 0.2) is 17.0 Å². The molecular formula is C28H39N7O2. The van der Waals surface area contributed by atoms with E-state index in [-0.39, 0.29) is 17.4 Å². The van der Waals surface area contributed by atoms with Crippen molar-refractivity contribution in [3.05, 3.63) is 41.7 Å². The largest absolute Gasteiger partial charge is 0.376 e. The van der Waals surface area contributed by atoms with Crippen LogP contribution in [0.1, 0.15) is 51.2 Å². The average Bonchev–Trinajstić information content (AvgIpc) is 3.52. The Balaban J connectivity index is 1.39. The number of hydrogen-bond donors (Lipinski definition) is 1. The molecule has 4 heterocycles. The van der Waals surface area contributed by atoms with Gasteiger partial charge in [0.2, 0.25) is 11.9 Å². The average molecular weight is 506 g/mol. The van der Waals surface area contributed by atoms with E-state index in [9.17, 15) is 4.79 Å². The number of amides is 1. The Morgan fingerprint density at radius 2 is 1.97 bits per heavy atom. The highest BCUT2D eigenvalue weighted by atomic mass is 16.5. The molecule has 3 aromatic rings. The van der Waals surface area contributed by atoms with Crippen LogP contribution in [0, 0.1) is 12.3 Å². The molecule has 9 nitrogen and oxygen atoms in total. The number of carbonyl (C=O) groups excluding carboxylic acids is 1. The summed E-state index contributed by atoms with van der Waals surface area (Å²) in [5.74, 6) is 1.64. The Morgan fingerprint density at radius 1 is 1.16 bits per heavy atom. The zero-order valence-corrected chi connectivity index (χ0v) is 22.5. The molecule has 198 valence electrons. The fraction of sp³-hybridized carbons (Fsp3) is 0.571. The third kappa shape index (κ3) is 6.21. The predicted molar refractivity (Wildman–Crippen MR) is 146 cm³/mol. The minimum atomic E-state index is -0.0122. The number of rotatable bonds is 7. The molecule has 0 saturated carbocycles. The molecule has 0 spiro atoms. The quantitative estimate of drug-likeness (QED) is 0.522. The van der Waals surface area contributed by atoms with E-state index in [0.717, 1.165) is 36.4 Å². The lowest BCUT2D eigenvalue weighted by molar-refractivity contribution is -0.133. The van der Waals surface area contributed by atoms with Crippen LogP contribution in [0.2, 0.25) is 0 Å². The lowest BCUT2D eigenvalue weighted by Crippen LogP contribution is -2.49. The van der Waals surface area contributed by atoms with Gasteiger partial charge in [-0.15, -0.1) is 0 Å². The lowest BCUT2D eigenvalue weighted by Gasteiger charge is -2.36. The van der Waals surface area contributed by atoms with E-state index in [0.29, 0.717) is 51.6 Å². The molecule has 0 aliphatic carbocycles. The van der Waals surface area contributed by atoms with Gasteiger partial charge in [0, 0.05) is 45.8 Å². The smallest absolute Gasteiger partial charge is 0.229 e. The number of fused-ring (bicyclic) bond motifs is 1. The van der Waals surface area contributed by atoms with Crippen LogP contribution in [0.15, 0.2) is 30.6 Å². The second-order valence-electron chi connectivity index (χ2n) is 11.5. The van der Waals surface area contributed by atoms with Gasteiger partial charge in [0.25, 0.3) is 0 Å². The van der Waals surface area contributed by atoms with Gasteiger partial charge in [-0.05, 0) is 30.7 Å². The van der Waals surface area contributed by atoms with Gasteiger partial charge in [0.05, 0.1) is 19.0 Å². The number of carbonyl (C=O) groups is 1. The van der Waals surface area contributed by atoms with Gasteiger partial charge in [-0.3, -0.25) is 4.79 Å². The van der Waals surface area contributed by atoms with Crippen LogP contribution in [0.4, 0.5) is 11.8 Å². The van der Waals surface area contributed by atoms with Gasteiger partial charge < -0.3 is 24.4 Å². The highest BCUT2D eigenvalue weighted by molar-refractivity contribution is 5.84. The number of nitrogens with zero attached hydrogens (tertiary/aromatic N) is 6. The standard InChI is InChI=1S/C28H39N7O2/c1-20-7-5-8-21(15-20)18-35-19-30-24-25(29-17-22-9-6-14-37-22)31-27(32-26(24)35)34-12-10-33(11-13-34)23(36)16-28(2,3)4/h5,7-8,15,19,22H,6,9-14,16-18H2,1-4H3,(H,29,31,32). The van der Waals surface area contributed by atoms with E-state index in [2.05, 4.69) is 66.7 Å². The molecule has 9 heteroatoms. The Kier molecular flexibility index (Phi) is 7.33. The van der Waals surface area contributed by atoms with Crippen LogP contribution in [-0.2, 0) is 16.1 Å². The number of hydrogen-bond acceptors (Lipinski definition) is 7. The molecule has 2 aliphatic heterocycles. The molecule has 5 rings (SSSR count). The van der Waals surface area contributed by atoms with Gasteiger partial charge in [-0.2, -0.15) is 9.97 Å². The van der Waals surface area contributed by atoms with Crippen LogP contribution in [-0.4, -0.2) is 75.8 Å². The van der Waals surface area contributed by atoms with E-state index < -0.39 is 0 Å². The first-order valence-electron chi connectivity index (χ1n) is 13.4. The summed E-state index contributed by atoms with van der Waals surface area (Å²) in [6.45, 7) is 13.4. The van der Waals surface area contributed by atoms with Crippen LogP contribution in [0.5, 0.6) is 0 Å². The highest BCUT2D eigenvalue weighted by Crippen LogP contribution is 2.26. The Hall–Kier alpha value is -3.20.